The summed E-state index contributed by atoms with van der Waals surface area (Å²) >= 11 is 1.53. The Balaban J connectivity index is 1.55. The summed E-state index contributed by atoms with van der Waals surface area (Å²) in [5.41, 5.74) is 0.770. The average molecular weight is 405 g/mol. The monoisotopic (exact) mass is 405 g/mol. The number of esters is 1. The van der Waals surface area contributed by atoms with Gasteiger partial charge in [0.05, 0.1) is 11.3 Å². The van der Waals surface area contributed by atoms with E-state index >= 15 is 0 Å². The number of anilines is 1. The van der Waals surface area contributed by atoms with Crippen LogP contribution in [-0.2, 0) is 14.3 Å². The maximum absolute atomic E-state index is 12.4. The molecule has 0 aromatic heterocycles. The lowest BCUT2D eigenvalue weighted by Gasteiger charge is -2.16. The summed E-state index contributed by atoms with van der Waals surface area (Å²) in [4.78, 5) is 48.9. The molecular weight excluding hydrogens is 382 g/mol. The minimum absolute atomic E-state index is 0.0818. The first-order chi connectivity index (χ1) is 13.4. The minimum Gasteiger partial charge on any atom is -0.449 e. The van der Waals surface area contributed by atoms with E-state index in [4.69, 9.17) is 4.74 Å². The third-order valence-electron chi connectivity index (χ3n) is 4.66. The number of fused-ring (bicyclic) bond motifs is 1. The molecule has 150 valence electrons. The molecule has 28 heavy (non-hydrogen) atoms. The molecule has 0 spiro atoms. The molecule has 9 heteroatoms. The lowest BCUT2D eigenvalue weighted by Crippen LogP contribution is -2.47. The zero-order valence-electron chi connectivity index (χ0n) is 15.6. The highest BCUT2D eigenvalue weighted by Crippen LogP contribution is 2.31. The summed E-state index contributed by atoms with van der Waals surface area (Å²) in [6.07, 6.45) is 3.20. The number of urea groups is 1. The highest BCUT2D eigenvalue weighted by molar-refractivity contribution is 7.99. The molecule has 1 aliphatic carbocycles. The fourth-order valence-corrected chi connectivity index (χ4v) is 4.07. The Hall–Kier alpha value is -2.55. The predicted octanol–water partition coefficient (Wildman–Crippen LogP) is 2.43. The van der Waals surface area contributed by atoms with Gasteiger partial charge in [-0.3, -0.25) is 14.9 Å². The Bertz CT molecular complexity index is 792. The lowest BCUT2D eigenvalue weighted by atomic mass is 10.2. The largest absolute Gasteiger partial charge is 0.449 e. The first-order valence-electron chi connectivity index (χ1n) is 9.31. The van der Waals surface area contributed by atoms with Crippen molar-refractivity contribution in [3.05, 3.63) is 23.8 Å². The van der Waals surface area contributed by atoms with E-state index in [0.29, 0.717) is 17.9 Å². The first-order valence-corrected chi connectivity index (χ1v) is 10.3. The van der Waals surface area contributed by atoms with Gasteiger partial charge >= 0.3 is 12.0 Å². The molecule has 1 saturated carbocycles. The lowest BCUT2D eigenvalue weighted by molar-refractivity contribution is -0.127. The molecule has 0 radical (unpaired) electrons. The van der Waals surface area contributed by atoms with Crippen molar-refractivity contribution in [2.75, 3.05) is 11.1 Å². The Morgan fingerprint density at radius 1 is 1.25 bits per heavy atom. The maximum atomic E-state index is 12.4. The van der Waals surface area contributed by atoms with E-state index in [1.54, 1.807) is 12.1 Å². The molecule has 0 unspecified atom stereocenters. The number of nitrogens with one attached hydrogen (secondary N) is 3. The van der Waals surface area contributed by atoms with E-state index in [9.17, 15) is 19.2 Å². The molecule has 1 aliphatic heterocycles. The van der Waals surface area contributed by atoms with Crippen molar-refractivity contribution in [2.45, 2.75) is 56.1 Å². The molecule has 3 rings (SSSR count). The Morgan fingerprint density at radius 3 is 2.75 bits per heavy atom. The number of hydrogen-bond donors (Lipinski definition) is 3. The zero-order valence-corrected chi connectivity index (χ0v) is 16.4. The molecule has 1 aromatic rings. The second kappa shape index (κ2) is 9.09. The number of ether oxygens (including phenoxy) is 1. The van der Waals surface area contributed by atoms with E-state index in [2.05, 4.69) is 16.0 Å². The number of carbonyl (C=O) groups excluding carboxylic acids is 4. The fraction of sp³-hybridized carbons (Fsp3) is 0.474. The summed E-state index contributed by atoms with van der Waals surface area (Å²) in [6.45, 7) is 1.40. The highest BCUT2D eigenvalue weighted by atomic mass is 32.2. The predicted molar refractivity (Wildman–Crippen MR) is 104 cm³/mol. The number of imide groups is 1. The smallest absolute Gasteiger partial charge is 0.338 e. The average Bonchev–Trinajstić information content (AvgIpc) is 3.07. The number of amides is 4. The third kappa shape index (κ3) is 5.25. The fourth-order valence-electron chi connectivity index (χ4n) is 3.13. The van der Waals surface area contributed by atoms with Gasteiger partial charge in [0.25, 0.3) is 5.91 Å². The molecular formula is C19H23N3O5S. The number of benzene rings is 1. The van der Waals surface area contributed by atoms with Gasteiger partial charge in [0.1, 0.15) is 0 Å². The standard InChI is InChI=1S/C19H23N3O5S/c1-11(17(24)22-19(26)20-13-4-2-3-5-13)27-18(25)12-6-7-15-14(10-12)21-16(23)8-9-28-15/h6-7,10-11,13H,2-5,8-9H2,1H3,(H,21,23)(H2,20,22,24,26)/t11-/m1/s1. The van der Waals surface area contributed by atoms with E-state index in [1.807, 2.05) is 0 Å². The van der Waals surface area contributed by atoms with Crippen molar-refractivity contribution in [1.82, 2.24) is 10.6 Å². The number of hydrogen-bond acceptors (Lipinski definition) is 6. The van der Waals surface area contributed by atoms with Crippen LogP contribution in [0.5, 0.6) is 0 Å². The van der Waals surface area contributed by atoms with E-state index in [0.717, 1.165) is 30.6 Å². The van der Waals surface area contributed by atoms with Gasteiger partial charge < -0.3 is 15.4 Å². The third-order valence-corrected chi connectivity index (χ3v) is 5.73. The Labute approximate surface area is 167 Å². The van der Waals surface area contributed by atoms with Crippen LogP contribution >= 0.6 is 11.8 Å². The second-order valence-corrected chi connectivity index (χ2v) is 7.99. The molecule has 3 N–H and O–H groups in total. The van der Waals surface area contributed by atoms with Gasteiger partial charge in [-0.2, -0.15) is 0 Å². The van der Waals surface area contributed by atoms with Crippen LogP contribution in [0.15, 0.2) is 23.1 Å². The van der Waals surface area contributed by atoms with Gasteiger partial charge in [-0.1, -0.05) is 12.8 Å². The number of carbonyl (C=O) groups is 4. The summed E-state index contributed by atoms with van der Waals surface area (Å²) < 4.78 is 5.17. The quantitative estimate of drug-likeness (QED) is 0.663. The van der Waals surface area contributed by atoms with Crippen molar-refractivity contribution >= 4 is 41.3 Å². The van der Waals surface area contributed by atoms with Crippen molar-refractivity contribution < 1.29 is 23.9 Å². The second-order valence-electron chi connectivity index (χ2n) is 6.85. The van der Waals surface area contributed by atoms with Crippen LogP contribution < -0.4 is 16.0 Å². The van der Waals surface area contributed by atoms with Crippen LogP contribution in [0, 0.1) is 0 Å². The van der Waals surface area contributed by atoms with Gasteiger partial charge in [-0.05, 0) is 38.0 Å². The molecule has 8 nitrogen and oxygen atoms in total. The molecule has 1 fully saturated rings. The van der Waals surface area contributed by atoms with E-state index < -0.39 is 24.0 Å². The molecule has 0 bridgehead atoms. The summed E-state index contributed by atoms with van der Waals surface area (Å²) in [5.74, 6) is -0.839. The topological polar surface area (TPSA) is 114 Å². The summed E-state index contributed by atoms with van der Waals surface area (Å²) in [5, 5.41) is 7.70. The molecule has 1 aromatic carbocycles. The number of rotatable bonds is 4. The molecule has 0 saturated heterocycles. The molecule has 1 heterocycles. The van der Waals surface area contributed by atoms with Crippen LogP contribution in [0.25, 0.3) is 0 Å². The maximum Gasteiger partial charge on any atom is 0.338 e. The van der Waals surface area contributed by atoms with Crippen molar-refractivity contribution in [3.8, 4) is 0 Å². The first kappa shape index (κ1) is 20.2. The zero-order chi connectivity index (χ0) is 20.1. The van der Waals surface area contributed by atoms with E-state index in [1.165, 1.54) is 24.8 Å². The summed E-state index contributed by atoms with van der Waals surface area (Å²) in [6, 6.07) is 4.36. The van der Waals surface area contributed by atoms with Crippen LogP contribution in [0.3, 0.4) is 0 Å². The Morgan fingerprint density at radius 2 is 2.00 bits per heavy atom. The molecule has 1 atom stereocenters. The normalized spacial score (nSPS) is 17.7. The van der Waals surface area contributed by atoms with Crippen LogP contribution in [0.4, 0.5) is 10.5 Å². The number of thioether (sulfide) groups is 1. The molecule has 2 aliphatic rings. The van der Waals surface area contributed by atoms with Crippen molar-refractivity contribution in [3.63, 3.8) is 0 Å². The van der Waals surface area contributed by atoms with Crippen molar-refractivity contribution in [2.24, 2.45) is 0 Å². The molecule has 4 amide bonds. The summed E-state index contributed by atoms with van der Waals surface area (Å²) in [7, 11) is 0. The van der Waals surface area contributed by atoms with Crippen LogP contribution in [0.2, 0.25) is 0 Å². The minimum atomic E-state index is -1.13. The van der Waals surface area contributed by atoms with Gasteiger partial charge in [-0.15, -0.1) is 11.8 Å². The van der Waals surface area contributed by atoms with E-state index in [-0.39, 0.29) is 17.5 Å². The van der Waals surface area contributed by atoms with Crippen molar-refractivity contribution in [1.29, 1.82) is 0 Å². The highest BCUT2D eigenvalue weighted by Gasteiger charge is 2.24. The van der Waals surface area contributed by atoms with Gasteiger partial charge in [-0.25, -0.2) is 9.59 Å². The van der Waals surface area contributed by atoms with Gasteiger partial charge in [0, 0.05) is 23.1 Å². The van der Waals surface area contributed by atoms with Gasteiger partial charge in [0.2, 0.25) is 5.91 Å². The van der Waals surface area contributed by atoms with Crippen LogP contribution in [0.1, 0.15) is 49.4 Å². The SMILES string of the molecule is C[C@@H](OC(=O)c1ccc2c(c1)NC(=O)CCS2)C(=O)NC(=O)NC1CCCC1. The Kier molecular flexibility index (Phi) is 6.56. The van der Waals surface area contributed by atoms with Crippen LogP contribution in [-0.4, -0.2) is 41.7 Å². The van der Waals surface area contributed by atoms with Gasteiger partial charge in [0.15, 0.2) is 6.10 Å².